The van der Waals surface area contributed by atoms with Crippen molar-refractivity contribution in [2.75, 3.05) is 11.9 Å². The van der Waals surface area contributed by atoms with Crippen LogP contribution in [-0.4, -0.2) is 24.8 Å². The number of rotatable bonds is 10. The zero-order valence-corrected chi connectivity index (χ0v) is 21.8. The Morgan fingerprint density at radius 2 is 1.87 bits per heavy atom. The maximum absolute atomic E-state index is 12.2. The Balaban J connectivity index is 1.63. The third-order valence-electron chi connectivity index (χ3n) is 5.78. The molecule has 3 N–H and O–H groups in total. The molecule has 0 aliphatic carbocycles. The summed E-state index contributed by atoms with van der Waals surface area (Å²) >= 11 is 0. The zero-order valence-electron chi connectivity index (χ0n) is 21.8. The number of nitrogens with one attached hydrogen (secondary N) is 1. The van der Waals surface area contributed by atoms with E-state index in [4.69, 9.17) is 24.4 Å². The Morgan fingerprint density at radius 3 is 2.63 bits per heavy atom. The van der Waals surface area contributed by atoms with Crippen molar-refractivity contribution in [1.82, 2.24) is 0 Å². The Kier molecular flexibility index (Phi) is 8.66. The number of furan rings is 1. The van der Waals surface area contributed by atoms with Crippen LogP contribution in [0.4, 0.5) is 10.5 Å². The number of nitrogens with two attached hydrogens (primary N) is 1. The van der Waals surface area contributed by atoms with Crippen molar-refractivity contribution in [3.05, 3.63) is 83.6 Å². The van der Waals surface area contributed by atoms with Gasteiger partial charge in [-0.25, -0.2) is 4.79 Å². The van der Waals surface area contributed by atoms with Gasteiger partial charge in [0.2, 0.25) is 0 Å². The third-order valence-corrected chi connectivity index (χ3v) is 5.78. The maximum atomic E-state index is 12.2. The van der Waals surface area contributed by atoms with E-state index < -0.39 is 6.09 Å². The molecule has 0 spiro atoms. The Labute approximate surface area is 221 Å². The first-order valence-corrected chi connectivity index (χ1v) is 12.5. The first-order valence-electron chi connectivity index (χ1n) is 12.5. The fraction of sp³-hybridized carbons (Fsp3) is 0.267. The van der Waals surface area contributed by atoms with E-state index >= 15 is 0 Å². The van der Waals surface area contributed by atoms with E-state index in [1.165, 1.54) is 0 Å². The average molecular weight is 517 g/mol. The number of esters is 1. The molecule has 38 heavy (non-hydrogen) atoms. The molecule has 1 amide bonds. The summed E-state index contributed by atoms with van der Waals surface area (Å²) < 4.78 is 22.3. The molecule has 0 fully saturated rings. The zero-order chi connectivity index (χ0) is 27.1. The molecule has 198 valence electrons. The van der Waals surface area contributed by atoms with Crippen LogP contribution in [0, 0.1) is 0 Å². The van der Waals surface area contributed by atoms with E-state index in [1.54, 1.807) is 45.2 Å². The van der Waals surface area contributed by atoms with Crippen LogP contribution in [0.15, 0.2) is 71.3 Å². The largest absolute Gasteiger partial charge is 0.489 e. The van der Waals surface area contributed by atoms with Crippen LogP contribution in [-0.2, 0) is 33.8 Å². The normalized spacial score (nSPS) is 11.0. The summed E-state index contributed by atoms with van der Waals surface area (Å²) in [6, 6.07) is 19.1. The molecule has 0 bridgehead atoms. The van der Waals surface area contributed by atoms with Gasteiger partial charge in [-0.1, -0.05) is 24.3 Å². The second kappa shape index (κ2) is 12.3. The van der Waals surface area contributed by atoms with Gasteiger partial charge in [0, 0.05) is 34.8 Å². The van der Waals surface area contributed by atoms with Gasteiger partial charge in [-0.05, 0) is 67.8 Å². The van der Waals surface area contributed by atoms with Crippen molar-refractivity contribution >= 4 is 28.7 Å². The highest BCUT2D eigenvalue weighted by Gasteiger charge is 2.15. The molecule has 0 aliphatic heterocycles. The fourth-order valence-corrected chi connectivity index (χ4v) is 4.11. The SMILES string of the molecule is CCOC(=O)Cc1ccc(NC(=O)OC(C)C)cc1OCc1cc(-c2cccc(CN)c2)c2occc2c1. The van der Waals surface area contributed by atoms with Crippen LogP contribution in [0.25, 0.3) is 22.1 Å². The van der Waals surface area contributed by atoms with Gasteiger partial charge in [0.05, 0.1) is 25.4 Å². The number of carbonyl (C=O) groups excluding carboxylic acids is 2. The van der Waals surface area contributed by atoms with Crippen LogP contribution >= 0.6 is 0 Å². The highest BCUT2D eigenvalue weighted by molar-refractivity contribution is 5.93. The molecular formula is C30H32N2O6. The lowest BCUT2D eigenvalue weighted by molar-refractivity contribution is -0.142. The summed E-state index contributed by atoms with van der Waals surface area (Å²) in [5.41, 5.74) is 11.6. The predicted molar refractivity (Wildman–Crippen MR) is 146 cm³/mol. The number of ether oxygens (including phenoxy) is 3. The molecule has 4 aromatic rings. The minimum atomic E-state index is -0.571. The number of hydrogen-bond acceptors (Lipinski definition) is 7. The molecular weight excluding hydrogens is 484 g/mol. The molecule has 0 atom stereocenters. The van der Waals surface area contributed by atoms with Crippen molar-refractivity contribution in [3.8, 4) is 16.9 Å². The van der Waals surface area contributed by atoms with Crippen molar-refractivity contribution in [2.45, 2.75) is 46.4 Å². The molecule has 0 unspecified atom stereocenters. The summed E-state index contributed by atoms with van der Waals surface area (Å²) in [6.45, 7) is 6.25. The molecule has 3 aromatic carbocycles. The quantitative estimate of drug-likeness (QED) is 0.241. The van der Waals surface area contributed by atoms with E-state index in [2.05, 4.69) is 5.32 Å². The van der Waals surface area contributed by atoms with Gasteiger partial charge in [0.1, 0.15) is 17.9 Å². The standard InChI is InChI=1S/C30H32N2O6/c1-4-35-28(33)15-23-8-9-25(32-30(34)38-19(2)3)16-27(23)37-18-21-13-24-10-11-36-29(24)26(14-21)22-7-5-6-20(12-22)17-31/h5-14,16,19H,4,15,17-18,31H2,1-3H3,(H,32,34). The molecule has 0 radical (unpaired) electrons. The maximum Gasteiger partial charge on any atom is 0.411 e. The molecule has 0 aliphatic rings. The minimum Gasteiger partial charge on any atom is -0.489 e. The van der Waals surface area contributed by atoms with Crippen molar-refractivity contribution < 1.29 is 28.2 Å². The highest BCUT2D eigenvalue weighted by Crippen LogP contribution is 2.33. The summed E-state index contributed by atoms with van der Waals surface area (Å²) in [5, 5.41) is 3.64. The van der Waals surface area contributed by atoms with Crippen molar-refractivity contribution in [1.29, 1.82) is 0 Å². The first kappa shape index (κ1) is 26.8. The Hall–Kier alpha value is -4.30. The second-order valence-electron chi connectivity index (χ2n) is 9.06. The molecule has 4 rings (SSSR count). The Bertz CT molecular complexity index is 1430. The van der Waals surface area contributed by atoms with Gasteiger partial charge < -0.3 is 24.4 Å². The topological polar surface area (TPSA) is 113 Å². The van der Waals surface area contributed by atoms with Gasteiger partial charge in [-0.2, -0.15) is 0 Å². The molecule has 8 nitrogen and oxygen atoms in total. The Morgan fingerprint density at radius 1 is 1.03 bits per heavy atom. The predicted octanol–water partition coefficient (Wildman–Crippen LogP) is 6.20. The van der Waals surface area contributed by atoms with Gasteiger partial charge >= 0.3 is 12.1 Å². The number of benzene rings is 3. The third kappa shape index (κ3) is 6.72. The number of anilines is 1. The molecule has 1 aromatic heterocycles. The fourth-order valence-electron chi connectivity index (χ4n) is 4.11. The van der Waals surface area contributed by atoms with Gasteiger partial charge in [0.15, 0.2) is 0 Å². The molecule has 0 saturated carbocycles. The lowest BCUT2D eigenvalue weighted by Crippen LogP contribution is -2.18. The van der Waals surface area contributed by atoms with Crippen LogP contribution < -0.4 is 15.8 Å². The van der Waals surface area contributed by atoms with Crippen LogP contribution in [0.2, 0.25) is 0 Å². The minimum absolute atomic E-state index is 0.0395. The van der Waals surface area contributed by atoms with Crippen LogP contribution in [0.1, 0.15) is 37.5 Å². The number of amides is 1. The summed E-state index contributed by atoms with van der Waals surface area (Å²) in [7, 11) is 0. The highest BCUT2D eigenvalue weighted by atomic mass is 16.6. The molecule has 8 heteroatoms. The number of carbonyl (C=O) groups is 2. The van der Waals surface area contributed by atoms with Crippen LogP contribution in [0.3, 0.4) is 0 Å². The van der Waals surface area contributed by atoms with E-state index in [-0.39, 0.29) is 31.7 Å². The molecule has 1 heterocycles. The van der Waals surface area contributed by atoms with E-state index in [9.17, 15) is 9.59 Å². The first-order chi connectivity index (χ1) is 18.4. The second-order valence-corrected chi connectivity index (χ2v) is 9.06. The van der Waals surface area contributed by atoms with E-state index in [0.29, 0.717) is 23.5 Å². The average Bonchev–Trinajstić information content (AvgIpc) is 3.36. The monoisotopic (exact) mass is 516 g/mol. The van der Waals surface area contributed by atoms with Crippen molar-refractivity contribution in [2.24, 2.45) is 5.73 Å². The van der Waals surface area contributed by atoms with E-state index in [0.717, 1.165) is 33.2 Å². The summed E-state index contributed by atoms with van der Waals surface area (Å²) in [4.78, 5) is 24.3. The lowest BCUT2D eigenvalue weighted by Gasteiger charge is -2.15. The van der Waals surface area contributed by atoms with Crippen LogP contribution in [0.5, 0.6) is 5.75 Å². The number of hydrogen-bond donors (Lipinski definition) is 2. The molecule has 0 saturated heterocycles. The van der Waals surface area contributed by atoms with Crippen molar-refractivity contribution in [3.63, 3.8) is 0 Å². The lowest BCUT2D eigenvalue weighted by atomic mass is 9.99. The van der Waals surface area contributed by atoms with Gasteiger partial charge in [-0.3, -0.25) is 10.1 Å². The number of fused-ring (bicyclic) bond motifs is 1. The smallest absolute Gasteiger partial charge is 0.411 e. The summed E-state index contributed by atoms with van der Waals surface area (Å²) in [5.74, 6) is 0.0959. The summed E-state index contributed by atoms with van der Waals surface area (Å²) in [6.07, 6.45) is 0.872. The van der Waals surface area contributed by atoms with Gasteiger partial charge in [-0.15, -0.1) is 0 Å². The van der Waals surface area contributed by atoms with E-state index in [1.807, 2.05) is 42.5 Å². The van der Waals surface area contributed by atoms with Gasteiger partial charge in [0.25, 0.3) is 0 Å².